The van der Waals surface area contributed by atoms with Crippen LogP contribution in [0.4, 0.5) is 0 Å². The van der Waals surface area contributed by atoms with E-state index in [1.807, 2.05) is 25.1 Å². The van der Waals surface area contributed by atoms with E-state index in [0.717, 1.165) is 28.6 Å². The maximum atomic E-state index is 12.0. The molecule has 1 rings (SSSR count). The molecule has 1 aromatic rings. The number of carbonyl (C=O) groups excluding carboxylic acids is 1. The van der Waals surface area contributed by atoms with Crippen LogP contribution in [0, 0.1) is 6.92 Å². The molecule has 0 atom stereocenters. The lowest BCUT2D eigenvalue weighted by Crippen LogP contribution is -2.25. The van der Waals surface area contributed by atoms with Crippen LogP contribution in [0.5, 0.6) is 0 Å². The highest BCUT2D eigenvalue weighted by molar-refractivity contribution is 14.1. The first kappa shape index (κ1) is 16.0. The lowest BCUT2D eigenvalue weighted by molar-refractivity contribution is 0.0952. The Kier molecular flexibility index (Phi) is 7.90. The average Bonchev–Trinajstić information content (AvgIpc) is 2.36. The van der Waals surface area contributed by atoms with E-state index < -0.39 is 0 Å². The van der Waals surface area contributed by atoms with E-state index >= 15 is 0 Å². The number of hydrogen-bond acceptors (Lipinski definition) is 1. The van der Waals surface area contributed by atoms with Gasteiger partial charge in [-0.15, -0.1) is 0 Å². The largest absolute Gasteiger partial charge is 0.352 e. The van der Waals surface area contributed by atoms with E-state index in [1.165, 1.54) is 23.7 Å². The summed E-state index contributed by atoms with van der Waals surface area (Å²) in [7, 11) is 0. The maximum Gasteiger partial charge on any atom is 0.251 e. The molecule has 0 saturated carbocycles. The van der Waals surface area contributed by atoms with Crippen LogP contribution in [0.2, 0.25) is 0 Å². The van der Waals surface area contributed by atoms with Gasteiger partial charge >= 0.3 is 0 Å². The predicted octanol–water partition coefficient (Wildman–Crippen LogP) is 4.48. The fourth-order valence-electron chi connectivity index (χ4n) is 1.72. The van der Waals surface area contributed by atoms with E-state index in [2.05, 4.69) is 43.8 Å². The quantitative estimate of drug-likeness (QED) is 0.391. The van der Waals surface area contributed by atoms with Crippen molar-refractivity contribution in [3.8, 4) is 0 Å². The van der Waals surface area contributed by atoms with Crippen LogP contribution in [0.25, 0.3) is 0 Å². The molecule has 0 radical (unpaired) electrons. The molecule has 4 heteroatoms. The molecule has 1 aromatic carbocycles. The van der Waals surface area contributed by atoms with Gasteiger partial charge in [-0.2, -0.15) is 0 Å². The smallest absolute Gasteiger partial charge is 0.251 e. The van der Waals surface area contributed by atoms with E-state index in [9.17, 15) is 4.79 Å². The van der Waals surface area contributed by atoms with Gasteiger partial charge in [0.05, 0.1) is 0 Å². The summed E-state index contributed by atoms with van der Waals surface area (Å²) >= 11 is 5.84. The number of nitrogens with one attached hydrogen (secondary N) is 1. The monoisotopic (exact) mass is 423 g/mol. The minimum absolute atomic E-state index is 0.0303. The zero-order valence-electron chi connectivity index (χ0n) is 10.6. The second kappa shape index (κ2) is 8.91. The lowest BCUT2D eigenvalue weighted by atomic mass is 10.1. The van der Waals surface area contributed by atoms with Crippen molar-refractivity contribution in [1.82, 2.24) is 5.32 Å². The summed E-state index contributed by atoms with van der Waals surface area (Å²) in [5.41, 5.74) is 1.76. The van der Waals surface area contributed by atoms with E-state index in [0.29, 0.717) is 0 Å². The van der Waals surface area contributed by atoms with Gasteiger partial charge in [0.15, 0.2) is 0 Å². The van der Waals surface area contributed by atoms with Crippen molar-refractivity contribution in [2.45, 2.75) is 32.6 Å². The fourth-order valence-corrected chi connectivity index (χ4v) is 2.63. The molecule has 0 aliphatic carbocycles. The number of benzene rings is 1. The van der Waals surface area contributed by atoms with E-state index in [1.54, 1.807) is 0 Å². The van der Waals surface area contributed by atoms with Crippen LogP contribution >= 0.6 is 38.5 Å². The summed E-state index contributed by atoms with van der Waals surface area (Å²) < 4.78 is 2.21. The summed E-state index contributed by atoms with van der Waals surface area (Å²) in [6.45, 7) is 2.73. The SMILES string of the molecule is Cc1c(Br)cccc1C(=O)NCCCCCCI. The molecule has 0 aliphatic rings. The molecule has 0 aliphatic heterocycles. The van der Waals surface area contributed by atoms with Gasteiger partial charge in [-0.1, -0.05) is 57.4 Å². The molecule has 0 unspecified atom stereocenters. The van der Waals surface area contributed by atoms with Crippen molar-refractivity contribution in [1.29, 1.82) is 0 Å². The summed E-state index contributed by atoms with van der Waals surface area (Å²) in [5.74, 6) is 0.0303. The van der Waals surface area contributed by atoms with Crippen molar-refractivity contribution in [3.63, 3.8) is 0 Å². The first-order valence-corrected chi connectivity index (χ1v) is 8.58. The average molecular weight is 424 g/mol. The third-order valence-electron chi connectivity index (χ3n) is 2.86. The van der Waals surface area contributed by atoms with E-state index in [4.69, 9.17) is 0 Å². The third kappa shape index (κ3) is 5.26. The Morgan fingerprint density at radius 2 is 2.00 bits per heavy atom. The van der Waals surface area contributed by atoms with Gasteiger partial charge in [0.25, 0.3) is 5.91 Å². The summed E-state index contributed by atoms with van der Waals surface area (Å²) in [4.78, 5) is 12.0. The Bertz CT molecular complexity index is 395. The van der Waals surface area contributed by atoms with Gasteiger partial charge in [-0.05, 0) is 41.9 Å². The number of hydrogen-bond donors (Lipinski definition) is 1. The highest BCUT2D eigenvalue weighted by Gasteiger charge is 2.09. The van der Waals surface area contributed by atoms with Gasteiger partial charge < -0.3 is 5.32 Å². The molecule has 0 heterocycles. The Hall–Kier alpha value is -0.100. The standard InChI is InChI=1S/C14H19BrINO/c1-11-12(7-6-8-13(11)15)14(18)17-10-5-3-2-4-9-16/h6-8H,2-5,9-10H2,1H3,(H,17,18). The second-order valence-corrected chi connectivity index (χ2v) is 6.20. The van der Waals surface area contributed by atoms with Crippen LogP contribution in [-0.2, 0) is 0 Å². The van der Waals surface area contributed by atoms with Gasteiger partial charge in [0.1, 0.15) is 0 Å². The van der Waals surface area contributed by atoms with Crippen molar-refractivity contribution in [2.24, 2.45) is 0 Å². The second-order valence-electron chi connectivity index (χ2n) is 4.27. The van der Waals surface area contributed by atoms with Gasteiger partial charge in [0, 0.05) is 16.6 Å². The molecule has 18 heavy (non-hydrogen) atoms. The first-order chi connectivity index (χ1) is 8.66. The number of amides is 1. The number of unbranched alkanes of at least 4 members (excludes halogenated alkanes) is 3. The Balaban J connectivity index is 2.35. The lowest BCUT2D eigenvalue weighted by Gasteiger charge is -2.08. The summed E-state index contributed by atoms with van der Waals surface area (Å²) in [6.07, 6.45) is 4.80. The summed E-state index contributed by atoms with van der Waals surface area (Å²) in [6, 6.07) is 5.72. The molecule has 2 nitrogen and oxygen atoms in total. The number of carbonyl (C=O) groups is 1. The normalized spacial score (nSPS) is 10.4. The molecule has 0 saturated heterocycles. The molecule has 1 N–H and O–H groups in total. The van der Waals surface area contributed by atoms with E-state index in [-0.39, 0.29) is 5.91 Å². The molecule has 0 fully saturated rings. The zero-order chi connectivity index (χ0) is 13.4. The van der Waals surface area contributed by atoms with Crippen molar-refractivity contribution in [2.75, 3.05) is 11.0 Å². The third-order valence-corrected chi connectivity index (χ3v) is 4.48. The summed E-state index contributed by atoms with van der Waals surface area (Å²) in [5, 5.41) is 2.98. The molecule has 1 amide bonds. The number of alkyl halides is 1. The Morgan fingerprint density at radius 1 is 1.28 bits per heavy atom. The molecule has 0 spiro atoms. The molecular weight excluding hydrogens is 405 g/mol. The van der Waals surface area contributed by atoms with Crippen molar-refractivity contribution in [3.05, 3.63) is 33.8 Å². The van der Waals surface area contributed by atoms with Crippen molar-refractivity contribution >= 4 is 44.4 Å². The van der Waals surface area contributed by atoms with Gasteiger partial charge in [-0.3, -0.25) is 4.79 Å². The molecular formula is C14H19BrINO. The minimum atomic E-state index is 0.0303. The fraction of sp³-hybridized carbons (Fsp3) is 0.500. The molecule has 100 valence electrons. The number of rotatable bonds is 7. The Morgan fingerprint density at radius 3 is 2.72 bits per heavy atom. The van der Waals surface area contributed by atoms with Crippen LogP contribution in [-0.4, -0.2) is 16.9 Å². The van der Waals surface area contributed by atoms with Crippen LogP contribution in [0.3, 0.4) is 0 Å². The highest BCUT2D eigenvalue weighted by atomic mass is 127. The van der Waals surface area contributed by atoms with Crippen LogP contribution in [0.15, 0.2) is 22.7 Å². The maximum absolute atomic E-state index is 12.0. The first-order valence-electron chi connectivity index (χ1n) is 6.26. The molecule has 0 aromatic heterocycles. The van der Waals surface area contributed by atoms with Crippen LogP contribution < -0.4 is 5.32 Å². The molecule has 0 bridgehead atoms. The zero-order valence-corrected chi connectivity index (χ0v) is 14.4. The topological polar surface area (TPSA) is 29.1 Å². The van der Waals surface area contributed by atoms with Crippen LogP contribution in [0.1, 0.15) is 41.6 Å². The predicted molar refractivity (Wildman–Crippen MR) is 88.6 cm³/mol. The van der Waals surface area contributed by atoms with Gasteiger partial charge in [0.2, 0.25) is 0 Å². The number of halogens is 2. The van der Waals surface area contributed by atoms with Crippen molar-refractivity contribution < 1.29 is 4.79 Å². The van der Waals surface area contributed by atoms with Gasteiger partial charge in [-0.25, -0.2) is 0 Å². The Labute approximate surface area is 131 Å². The highest BCUT2D eigenvalue weighted by Crippen LogP contribution is 2.19. The minimum Gasteiger partial charge on any atom is -0.352 e.